The summed E-state index contributed by atoms with van der Waals surface area (Å²) < 4.78 is 5.62. The molecular weight excluding hydrogens is 202 g/mol. The zero-order valence-corrected chi connectivity index (χ0v) is 11.2. The molecule has 0 heterocycles. The van der Waals surface area contributed by atoms with Crippen molar-refractivity contribution in [1.29, 1.82) is 0 Å². The Morgan fingerprint density at radius 3 is 2.56 bits per heavy atom. The molecule has 0 rings (SSSR count). The molecule has 0 aliphatic rings. The molecule has 3 nitrogen and oxygen atoms in total. The minimum absolute atomic E-state index is 0.233. The first-order chi connectivity index (χ1) is 7.70. The van der Waals surface area contributed by atoms with Gasteiger partial charge in [-0.3, -0.25) is 0 Å². The molecule has 0 aromatic carbocycles. The maximum Gasteiger partial charge on any atom is 0.0620 e. The van der Waals surface area contributed by atoms with Crippen LogP contribution in [-0.2, 0) is 4.74 Å². The van der Waals surface area contributed by atoms with Crippen LogP contribution in [0.5, 0.6) is 0 Å². The van der Waals surface area contributed by atoms with Crippen molar-refractivity contribution in [3.8, 4) is 0 Å². The summed E-state index contributed by atoms with van der Waals surface area (Å²) in [6.07, 6.45) is 4.27. The predicted octanol–water partition coefficient (Wildman–Crippen LogP) is 2.19. The molecule has 0 bridgehead atoms. The molecular formula is C13H29NO2. The van der Waals surface area contributed by atoms with E-state index in [2.05, 4.69) is 26.1 Å². The fourth-order valence-electron chi connectivity index (χ4n) is 1.57. The summed E-state index contributed by atoms with van der Waals surface area (Å²) in [4.78, 5) is 0. The summed E-state index contributed by atoms with van der Waals surface area (Å²) in [5.74, 6) is 0.759. The van der Waals surface area contributed by atoms with Crippen LogP contribution in [0.3, 0.4) is 0 Å². The van der Waals surface area contributed by atoms with E-state index in [1.165, 1.54) is 6.42 Å². The van der Waals surface area contributed by atoms with Gasteiger partial charge < -0.3 is 15.2 Å². The van der Waals surface area contributed by atoms with Crippen molar-refractivity contribution in [2.75, 3.05) is 26.4 Å². The Kier molecular flexibility index (Phi) is 11.3. The van der Waals surface area contributed by atoms with Gasteiger partial charge in [0.05, 0.1) is 6.61 Å². The molecule has 1 unspecified atom stereocenters. The molecule has 0 aliphatic carbocycles. The largest absolute Gasteiger partial charge is 0.396 e. The van der Waals surface area contributed by atoms with E-state index in [0.29, 0.717) is 6.04 Å². The fourth-order valence-corrected chi connectivity index (χ4v) is 1.57. The van der Waals surface area contributed by atoms with E-state index in [9.17, 15) is 0 Å². The molecule has 0 aliphatic heterocycles. The molecule has 1 atom stereocenters. The number of aliphatic hydroxyl groups is 1. The molecule has 0 saturated heterocycles. The lowest BCUT2D eigenvalue weighted by Gasteiger charge is -2.17. The highest BCUT2D eigenvalue weighted by Crippen LogP contribution is 2.03. The Morgan fingerprint density at radius 1 is 1.25 bits per heavy atom. The lowest BCUT2D eigenvalue weighted by molar-refractivity contribution is 0.0971. The van der Waals surface area contributed by atoms with Crippen molar-refractivity contribution in [3.63, 3.8) is 0 Å². The van der Waals surface area contributed by atoms with Gasteiger partial charge >= 0.3 is 0 Å². The third kappa shape index (κ3) is 10.4. The van der Waals surface area contributed by atoms with Crippen LogP contribution in [-0.4, -0.2) is 37.5 Å². The van der Waals surface area contributed by atoms with Gasteiger partial charge in [0.2, 0.25) is 0 Å². The van der Waals surface area contributed by atoms with Crippen LogP contribution in [0.1, 0.15) is 46.5 Å². The van der Waals surface area contributed by atoms with Crippen molar-refractivity contribution < 1.29 is 9.84 Å². The second kappa shape index (κ2) is 11.4. The molecule has 0 fully saturated rings. The first-order valence-corrected chi connectivity index (χ1v) is 6.62. The zero-order valence-electron chi connectivity index (χ0n) is 11.2. The van der Waals surface area contributed by atoms with Crippen LogP contribution >= 0.6 is 0 Å². The van der Waals surface area contributed by atoms with E-state index >= 15 is 0 Å². The fraction of sp³-hybridized carbons (Fsp3) is 1.00. The lowest BCUT2D eigenvalue weighted by atomic mass is 10.1. The molecule has 0 saturated carbocycles. The minimum atomic E-state index is 0.233. The molecule has 16 heavy (non-hydrogen) atoms. The monoisotopic (exact) mass is 231 g/mol. The smallest absolute Gasteiger partial charge is 0.0620 e. The highest BCUT2D eigenvalue weighted by molar-refractivity contribution is 4.65. The third-order valence-electron chi connectivity index (χ3n) is 2.55. The molecule has 0 spiro atoms. The first kappa shape index (κ1) is 15.9. The number of hydrogen-bond donors (Lipinski definition) is 2. The average molecular weight is 231 g/mol. The summed E-state index contributed by atoms with van der Waals surface area (Å²) >= 11 is 0. The molecule has 0 amide bonds. The Morgan fingerprint density at radius 2 is 2.00 bits per heavy atom. The lowest BCUT2D eigenvalue weighted by Crippen LogP contribution is -2.35. The number of aliphatic hydroxyl groups excluding tert-OH is 1. The quantitative estimate of drug-likeness (QED) is 0.536. The summed E-state index contributed by atoms with van der Waals surface area (Å²) in [7, 11) is 0. The summed E-state index contributed by atoms with van der Waals surface area (Å²) in [5, 5.41) is 12.3. The Labute approximate surface area is 101 Å². The maximum absolute atomic E-state index is 8.92. The van der Waals surface area contributed by atoms with Crippen LogP contribution in [0.2, 0.25) is 0 Å². The van der Waals surface area contributed by atoms with Crippen molar-refractivity contribution in [3.05, 3.63) is 0 Å². The Balaban J connectivity index is 3.43. The molecule has 2 N–H and O–H groups in total. The number of ether oxygens (including phenoxy) is 1. The molecule has 0 radical (unpaired) electrons. The molecule has 3 heteroatoms. The number of nitrogens with one attached hydrogen (secondary N) is 1. The topological polar surface area (TPSA) is 41.5 Å². The van der Waals surface area contributed by atoms with Gasteiger partial charge in [0.15, 0.2) is 0 Å². The SMILES string of the molecule is CCCNC(CCO)COCCCC(C)C. The van der Waals surface area contributed by atoms with E-state index < -0.39 is 0 Å². The van der Waals surface area contributed by atoms with Gasteiger partial charge in [0.25, 0.3) is 0 Å². The van der Waals surface area contributed by atoms with E-state index in [1.54, 1.807) is 0 Å². The number of rotatable bonds is 11. The normalized spacial score (nSPS) is 13.3. The predicted molar refractivity (Wildman–Crippen MR) is 68.7 cm³/mol. The van der Waals surface area contributed by atoms with Crippen molar-refractivity contribution in [1.82, 2.24) is 5.32 Å². The van der Waals surface area contributed by atoms with Crippen LogP contribution < -0.4 is 5.32 Å². The van der Waals surface area contributed by atoms with E-state index in [0.717, 1.165) is 44.9 Å². The van der Waals surface area contributed by atoms with Crippen LogP contribution in [0.25, 0.3) is 0 Å². The van der Waals surface area contributed by atoms with E-state index in [1.807, 2.05) is 0 Å². The standard InChI is InChI=1S/C13H29NO2/c1-4-8-14-13(7-9-15)11-16-10-5-6-12(2)3/h12-15H,4-11H2,1-3H3. The van der Waals surface area contributed by atoms with Gasteiger partial charge in [0.1, 0.15) is 0 Å². The van der Waals surface area contributed by atoms with Gasteiger partial charge in [-0.2, -0.15) is 0 Å². The van der Waals surface area contributed by atoms with E-state index in [4.69, 9.17) is 9.84 Å². The average Bonchev–Trinajstić information content (AvgIpc) is 2.24. The van der Waals surface area contributed by atoms with Crippen LogP contribution in [0, 0.1) is 5.92 Å². The summed E-state index contributed by atoms with van der Waals surface area (Å²) in [6, 6.07) is 0.309. The van der Waals surface area contributed by atoms with E-state index in [-0.39, 0.29) is 6.61 Å². The van der Waals surface area contributed by atoms with Crippen LogP contribution in [0.15, 0.2) is 0 Å². The first-order valence-electron chi connectivity index (χ1n) is 6.62. The summed E-state index contributed by atoms with van der Waals surface area (Å²) in [6.45, 7) is 9.41. The van der Waals surface area contributed by atoms with Crippen molar-refractivity contribution >= 4 is 0 Å². The van der Waals surface area contributed by atoms with Gasteiger partial charge in [-0.25, -0.2) is 0 Å². The zero-order chi connectivity index (χ0) is 12.2. The van der Waals surface area contributed by atoms with Gasteiger partial charge in [-0.15, -0.1) is 0 Å². The second-order valence-corrected chi connectivity index (χ2v) is 4.77. The second-order valence-electron chi connectivity index (χ2n) is 4.77. The van der Waals surface area contributed by atoms with Crippen LogP contribution in [0.4, 0.5) is 0 Å². The van der Waals surface area contributed by atoms with Gasteiger partial charge in [-0.1, -0.05) is 20.8 Å². The maximum atomic E-state index is 8.92. The highest BCUT2D eigenvalue weighted by Gasteiger charge is 2.06. The molecule has 0 aromatic heterocycles. The summed E-state index contributed by atoms with van der Waals surface area (Å²) in [5.41, 5.74) is 0. The highest BCUT2D eigenvalue weighted by atomic mass is 16.5. The minimum Gasteiger partial charge on any atom is -0.396 e. The molecule has 0 aromatic rings. The molecule has 98 valence electrons. The van der Waals surface area contributed by atoms with Gasteiger partial charge in [0, 0.05) is 19.3 Å². The Hall–Kier alpha value is -0.120. The number of hydrogen-bond acceptors (Lipinski definition) is 3. The van der Waals surface area contributed by atoms with Crippen molar-refractivity contribution in [2.45, 2.75) is 52.5 Å². The van der Waals surface area contributed by atoms with Crippen molar-refractivity contribution in [2.24, 2.45) is 5.92 Å². The van der Waals surface area contributed by atoms with Gasteiger partial charge in [-0.05, 0) is 38.1 Å². The third-order valence-corrected chi connectivity index (χ3v) is 2.55. The Bertz CT molecular complexity index is 140.